The van der Waals surface area contributed by atoms with Crippen LogP contribution in [0.25, 0.3) is 99.5 Å². The van der Waals surface area contributed by atoms with E-state index in [1.54, 1.807) is 0 Å². The van der Waals surface area contributed by atoms with E-state index in [1.807, 2.05) is 6.07 Å². The zero-order chi connectivity index (χ0) is 34.6. The average molecular weight is 682 g/mol. The molecule has 52 heavy (non-hydrogen) atoms. The van der Waals surface area contributed by atoms with E-state index in [9.17, 15) is 0 Å². The van der Waals surface area contributed by atoms with Crippen LogP contribution in [-0.4, -0.2) is 23.0 Å². The first-order chi connectivity index (χ1) is 25.5. The van der Waals surface area contributed by atoms with Crippen molar-refractivity contribution >= 4 is 72.7 Å². The van der Waals surface area contributed by atoms with Gasteiger partial charge in [-0.05, 0) is 72.5 Å². The summed E-state index contributed by atoms with van der Waals surface area (Å²) in [5.74, 6) is 1.94. The molecule has 0 atom stereocenters. The van der Waals surface area contributed by atoms with Crippen molar-refractivity contribution in [3.05, 3.63) is 152 Å². The molecule has 1 aliphatic rings. The minimum absolute atomic E-state index is 0.643. The maximum atomic E-state index is 6.84. The van der Waals surface area contributed by atoms with Crippen molar-refractivity contribution in [2.24, 2.45) is 0 Å². The summed E-state index contributed by atoms with van der Waals surface area (Å²) in [6.45, 7) is 4.88. The van der Waals surface area contributed by atoms with Crippen LogP contribution in [0.5, 0.6) is 0 Å². The van der Waals surface area contributed by atoms with Gasteiger partial charge in [0.15, 0.2) is 17.5 Å². The molecular formula is C47H31N3OSi. The Balaban J connectivity index is 1.26. The lowest BCUT2D eigenvalue weighted by atomic mass is 9.96. The Kier molecular flexibility index (Phi) is 6.08. The number of rotatable bonds is 3. The van der Waals surface area contributed by atoms with Crippen LogP contribution in [0.3, 0.4) is 0 Å². The molecule has 8 aromatic carbocycles. The van der Waals surface area contributed by atoms with Crippen molar-refractivity contribution in [2.75, 3.05) is 0 Å². The highest BCUT2D eigenvalue weighted by Crippen LogP contribution is 2.44. The third-order valence-corrected chi connectivity index (χ3v) is 14.6. The zero-order valence-electron chi connectivity index (χ0n) is 28.7. The molecule has 0 saturated carbocycles. The van der Waals surface area contributed by atoms with Crippen LogP contribution >= 0.6 is 0 Å². The lowest BCUT2D eigenvalue weighted by Gasteiger charge is -2.19. The standard InChI is InChI=1S/C47H31N3OSi/c1-52(2)40-22-12-10-20-36(40)43-41(52)27-38(42-35-19-9-11-21-39(35)51-44(42)43)47-49-45(31-24-23-28-13-3-4-14-29(28)25-31)48-46(50-47)37-26-30-15-5-6-16-32(30)33-17-7-8-18-34(33)37/h3-27H,1-2H3. The van der Waals surface area contributed by atoms with Gasteiger partial charge in [0, 0.05) is 33.0 Å². The highest BCUT2D eigenvalue weighted by molar-refractivity contribution is 7.04. The molecule has 11 rings (SSSR count). The molecule has 2 aromatic heterocycles. The Labute approximate surface area is 301 Å². The minimum Gasteiger partial charge on any atom is -0.455 e. The summed E-state index contributed by atoms with van der Waals surface area (Å²) in [6, 6.07) is 53.9. The number of nitrogens with zero attached hydrogens (tertiary/aromatic N) is 3. The van der Waals surface area contributed by atoms with Crippen molar-refractivity contribution in [1.29, 1.82) is 0 Å². The molecule has 10 aromatic rings. The second kappa shape index (κ2) is 10.8. The van der Waals surface area contributed by atoms with Crippen LogP contribution in [0.15, 0.2) is 156 Å². The molecule has 0 unspecified atom stereocenters. The molecule has 0 saturated heterocycles. The Morgan fingerprint density at radius 3 is 1.92 bits per heavy atom. The third kappa shape index (κ3) is 4.17. The Bertz CT molecular complexity index is 3120. The summed E-state index contributed by atoms with van der Waals surface area (Å²) in [4.78, 5) is 16.1. The van der Waals surface area contributed by atoms with Gasteiger partial charge < -0.3 is 4.42 Å². The van der Waals surface area contributed by atoms with Gasteiger partial charge in [-0.3, -0.25) is 0 Å². The maximum Gasteiger partial charge on any atom is 0.164 e. The SMILES string of the molecule is C[Si]1(C)c2ccccc2-c2c1cc(-c1nc(-c3ccc4ccccc4c3)nc(-c3cc4ccccc4c4ccccc34)n1)c1c2oc2ccccc21. The second-order valence-electron chi connectivity index (χ2n) is 14.4. The normalized spacial score (nSPS) is 13.3. The van der Waals surface area contributed by atoms with E-state index in [-0.39, 0.29) is 0 Å². The van der Waals surface area contributed by atoms with E-state index >= 15 is 0 Å². The van der Waals surface area contributed by atoms with Gasteiger partial charge in [0.05, 0.1) is 0 Å². The highest BCUT2D eigenvalue weighted by atomic mass is 28.3. The number of furan rings is 1. The van der Waals surface area contributed by atoms with Crippen molar-refractivity contribution in [3.8, 4) is 45.3 Å². The lowest BCUT2D eigenvalue weighted by molar-refractivity contribution is 0.670. The van der Waals surface area contributed by atoms with Crippen molar-refractivity contribution < 1.29 is 4.42 Å². The molecule has 0 aliphatic carbocycles. The molecule has 0 spiro atoms. The summed E-state index contributed by atoms with van der Waals surface area (Å²) in [6.07, 6.45) is 0. The molecule has 0 bridgehead atoms. The molecule has 3 heterocycles. The van der Waals surface area contributed by atoms with Gasteiger partial charge in [-0.1, -0.05) is 140 Å². The largest absolute Gasteiger partial charge is 0.455 e. The molecule has 244 valence electrons. The monoisotopic (exact) mass is 681 g/mol. The fourth-order valence-electron chi connectivity index (χ4n) is 8.54. The predicted octanol–water partition coefficient (Wildman–Crippen LogP) is 11.0. The molecule has 0 N–H and O–H groups in total. The molecule has 0 amide bonds. The first-order valence-electron chi connectivity index (χ1n) is 17.8. The van der Waals surface area contributed by atoms with Gasteiger partial charge in [0.2, 0.25) is 0 Å². The van der Waals surface area contributed by atoms with Crippen LogP contribution in [0, 0.1) is 0 Å². The fraction of sp³-hybridized carbons (Fsp3) is 0.0426. The predicted molar refractivity (Wildman–Crippen MR) is 218 cm³/mol. The molecule has 0 radical (unpaired) electrons. The average Bonchev–Trinajstić information content (AvgIpc) is 3.69. The van der Waals surface area contributed by atoms with E-state index in [0.29, 0.717) is 17.5 Å². The third-order valence-electron chi connectivity index (χ3n) is 11.1. The van der Waals surface area contributed by atoms with Gasteiger partial charge in [-0.15, -0.1) is 0 Å². The van der Waals surface area contributed by atoms with Crippen molar-refractivity contribution in [3.63, 3.8) is 0 Å². The summed E-state index contributed by atoms with van der Waals surface area (Å²) in [5.41, 5.74) is 7.17. The second-order valence-corrected chi connectivity index (χ2v) is 18.7. The summed E-state index contributed by atoms with van der Waals surface area (Å²) in [5, 5.41) is 11.9. The first-order valence-corrected chi connectivity index (χ1v) is 20.8. The van der Waals surface area contributed by atoms with Crippen LogP contribution in [-0.2, 0) is 0 Å². The van der Waals surface area contributed by atoms with Gasteiger partial charge in [-0.2, -0.15) is 0 Å². The molecule has 5 heteroatoms. The first kappa shape index (κ1) is 29.3. The van der Waals surface area contributed by atoms with E-state index in [4.69, 9.17) is 19.4 Å². The number of hydrogen-bond donors (Lipinski definition) is 0. The summed E-state index contributed by atoms with van der Waals surface area (Å²) < 4.78 is 6.84. The summed E-state index contributed by atoms with van der Waals surface area (Å²) >= 11 is 0. The Morgan fingerprint density at radius 2 is 1.08 bits per heavy atom. The quantitative estimate of drug-likeness (QED) is 0.138. The van der Waals surface area contributed by atoms with Crippen molar-refractivity contribution in [2.45, 2.75) is 13.1 Å². The molecule has 4 nitrogen and oxygen atoms in total. The number of fused-ring (bicyclic) bond motifs is 11. The van der Waals surface area contributed by atoms with Crippen LogP contribution < -0.4 is 10.4 Å². The zero-order valence-corrected chi connectivity index (χ0v) is 29.7. The molecule has 1 aliphatic heterocycles. The van der Waals surface area contributed by atoms with E-state index in [2.05, 4.69) is 159 Å². The highest BCUT2D eigenvalue weighted by Gasteiger charge is 2.40. The number of para-hydroxylation sites is 1. The van der Waals surface area contributed by atoms with Crippen molar-refractivity contribution in [1.82, 2.24) is 15.0 Å². The van der Waals surface area contributed by atoms with E-state index < -0.39 is 8.07 Å². The van der Waals surface area contributed by atoms with Gasteiger partial charge in [0.25, 0.3) is 0 Å². The van der Waals surface area contributed by atoms with Crippen LogP contribution in [0.2, 0.25) is 13.1 Å². The smallest absolute Gasteiger partial charge is 0.164 e. The van der Waals surface area contributed by atoms with Gasteiger partial charge in [-0.25, -0.2) is 15.0 Å². The van der Waals surface area contributed by atoms with Crippen LogP contribution in [0.1, 0.15) is 0 Å². The topological polar surface area (TPSA) is 51.8 Å². The minimum atomic E-state index is -2.10. The number of benzene rings is 8. The van der Waals surface area contributed by atoms with E-state index in [1.165, 1.54) is 37.7 Å². The summed E-state index contributed by atoms with van der Waals surface area (Å²) in [7, 11) is -2.10. The van der Waals surface area contributed by atoms with Gasteiger partial charge >= 0.3 is 0 Å². The van der Waals surface area contributed by atoms with E-state index in [0.717, 1.165) is 54.8 Å². The Morgan fingerprint density at radius 1 is 0.442 bits per heavy atom. The van der Waals surface area contributed by atoms with Crippen LogP contribution in [0.4, 0.5) is 0 Å². The number of aromatic nitrogens is 3. The van der Waals surface area contributed by atoms with Gasteiger partial charge in [0.1, 0.15) is 19.2 Å². The molecule has 0 fully saturated rings. The lowest BCUT2D eigenvalue weighted by Crippen LogP contribution is -2.49. The molecular weight excluding hydrogens is 651 g/mol. The number of hydrogen-bond acceptors (Lipinski definition) is 4. The maximum absolute atomic E-state index is 6.84. The fourth-order valence-corrected chi connectivity index (χ4v) is 11.6. The Hall–Kier alpha value is -6.43.